The molecule has 0 bridgehead atoms. The molecule has 19 heavy (non-hydrogen) atoms. The van der Waals surface area contributed by atoms with Gasteiger partial charge in [0.2, 0.25) is 0 Å². The molecule has 1 aliphatic carbocycles. The van der Waals surface area contributed by atoms with Gasteiger partial charge in [-0.1, -0.05) is 24.3 Å². The van der Waals surface area contributed by atoms with E-state index in [1.165, 1.54) is 17.4 Å². The minimum atomic E-state index is -0.168. The van der Waals surface area contributed by atoms with Crippen molar-refractivity contribution >= 4 is 5.91 Å². The van der Waals surface area contributed by atoms with Gasteiger partial charge in [0.05, 0.1) is 6.04 Å². The summed E-state index contributed by atoms with van der Waals surface area (Å²) in [6, 6.07) is 8.36. The highest BCUT2D eigenvalue weighted by molar-refractivity contribution is 5.92. The number of carbonyl (C=O) groups excluding carboxylic acids is 1. The molecule has 4 nitrogen and oxygen atoms in total. The molecule has 0 saturated heterocycles. The molecule has 4 heteroatoms. The zero-order chi connectivity index (χ0) is 13.2. The van der Waals surface area contributed by atoms with Crippen LogP contribution in [0.25, 0.3) is 0 Å². The van der Waals surface area contributed by atoms with Crippen LogP contribution in [0.5, 0.6) is 0 Å². The maximum atomic E-state index is 12.1. The lowest BCUT2D eigenvalue weighted by Gasteiger charge is -2.25. The maximum absolute atomic E-state index is 12.1. The van der Waals surface area contributed by atoms with E-state index >= 15 is 0 Å². The second-order valence-corrected chi connectivity index (χ2v) is 4.87. The summed E-state index contributed by atoms with van der Waals surface area (Å²) < 4.78 is 5.07. The lowest BCUT2D eigenvalue weighted by molar-refractivity contribution is 0.0927. The Labute approximate surface area is 111 Å². The van der Waals surface area contributed by atoms with Gasteiger partial charge < -0.3 is 9.73 Å². The zero-order valence-corrected chi connectivity index (χ0v) is 10.8. The Morgan fingerprint density at radius 2 is 2.26 bits per heavy atom. The van der Waals surface area contributed by atoms with Crippen LogP contribution in [0.4, 0.5) is 0 Å². The van der Waals surface area contributed by atoms with Gasteiger partial charge in [-0.3, -0.25) is 4.79 Å². The fourth-order valence-corrected chi connectivity index (χ4v) is 2.60. The fraction of sp³-hybridized carbons (Fsp3) is 0.333. The Kier molecular flexibility index (Phi) is 3.07. The molecule has 98 valence electrons. The van der Waals surface area contributed by atoms with E-state index in [1.54, 1.807) is 6.92 Å². The topological polar surface area (TPSA) is 55.1 Å². The minimum absolute atomic E-state index is 0.0782. The zero-order valence-electron chi connectivity index (χ0n) is 10.8. The maximum Gasteiger partial charge on any atom is 0.273 e. The SMILES string of the molecule is Cc1nc(C(=O)N[C@@H]2CCCc3ccccc32)co1. The van der Waals surface area contributed by atoms with Gasteiger partial charge in [0.25, 0.3) is 5.91 Å². The van der Waals surface area contributed by atoms with Crippen molar-refractivity contribution in [3.63, 3.8) is 0 Å². The number of benzene rings is 1. The average molecular weight is 256 g/mol. The molecule has 0 unspecified atom stereocenters. The third-order valence-electron chi connectivity index (χ3n) is 3.53. The van der Waals surface area contributed by atoms with Crippen LogP contribution in [0.3, 0.4) is 0 Å². The number of nitrogens with one attached hydrogen (secondary N) is 1. The molecule has 1 aromatic heterocycles. The number of amides is 1. The number of hydrogen-bond acceptors (Lipinski definition) is 3. The Morgan fingerprint density at radius 3 is 3.05 bits per heavy atom. The standard InChI is InChI=1S/C15H16N2O2/c1-10-16-14(9-19-10)15(18)17-13-8-4-6-11-5-2-3-7-12(11)13/h2-3,5,7,9,13H,4,6,8H2,1H3,(H,17,18)/t13-/m1/s1. The second kappa shape index (κ2) is 4.88. The van der Waals surface area contributed by atoms with E-state index < -0.39 is 0 Å². The van der Waals surface area contributed by atoms with Gasteiger partial charge in [0, 0.05) is 6.92 Å². The largest absolute Gasteiger partial charge is 0.448 e. The van der Waals surface area contributed by atoms with Crippen molar-refractivity contribution in [1.82, 2.24) is 10.3 Å². The van der Waals surface area contributed by atoms with Crippen molar-refractivity contribution in [3.05, 3.63) is 53.2 Å². The van der Waals surface area contributed by atoms with E-state index in [0.29, 0.717) is 11.6 Å². The van der Waals surface area contributed by atoms with Crippen molar-refractivity contribution in [1.29, 1.82) is 0 Å². The van der Waals surface area contributed by atoms with Crippen LogP contribution in [-0.4, -0.2) is 10.9 Å². The van der Waals surface area contributed by atoms with Gasteiger partial charge in [-0.05, 0) is 30.4 Å². The highest BCUT2D eigenvalue weighted by Gasteiger charge is 2.22. The summed E-state index contributed by atoms with van der Waals surface area (Å²) in [7, 11) is 0. The first-order chi connectivity index (χ1) is 9.24. The number of carbonyl (C=O) groups is 1. The second-order valence-electron chi connectivity index (χ2n) is 4.87. The molecule has 0 fully saturated rings. The first-order valence-electron chi connectivity index (χ1n) is 6.55. The third-order valence-corrected chi connectivity index (χ3v) is 3.53. The molecule has 1 atom stereocenters. The summed E-state index contributed by atoms with van der Waals surface area (Å²) >= 11 is 0. The fourth-order valence-electron chi connectivity index (χ4n) is 2.60. The smallest absolute Gasteiger partial charge is 0.273 e. The normalized spacial score (nSPS) is 17.8. The van der Waals surface area contributed by atoms with Gasteiger partial charge >= 0.3 is 0 Å². The number of fused-ring (bicyclic) bond motifs is 1. The molecular formula is C15H16N2O2. The molecule has 1 N–H and O–H groups in total. The Hall–Kier alpha value is -2.10. The van der Waals surface area contributed by atoms with Gasteiger partial charge in [0.1, 0.15) is 6.26 Å². The molecule has 2 aromatic rings. The predicted molar refractivity (Wildman–Crippen MR) is 70.8 cm³/mol. The van der Waals surface area contributed by atoms with Crippen molar-refractivity contribution in [2.75, 3.05) is 0 Å². The van der Waals surface area contributed by atoms with Crippen LogP contribution in [0.2, 0.25) is 0 Å². The molecule has 0 spiro atoms. The molecule has 1 amide bonds. The summed E-state index contributed by atoms with van der Waals surface area (Å²) in [5.41, 5.74) is 2.90. The lowest BCUT2D eigenvalue weighted by atomic mass is 9.88. The monoisotopic (exact) mass is 256 g/mol. The third kappa shape index (κ3) is 2.38. The Bertz CT molecular complexity index is 604. The number of nitrogens with zero attached hydrogens (tertiary/aromatic N) is 1. The summed E-state index contributed by atoms with van der Waals surface area (Å²) in [6.07, 6.45) is 4.56. The summed E-state index contributed by atoms with van der Waals surface area (Å²) in [5, 5.41) is 3.04. The highest BCUT2D eigenvalue weighted by Crippen LogP contribution is 2.29. The van der Waals surface area contributed by atoms with Gasteiger partial charge in [-0.25, -0.2) is 4.98 Å². The number of oxazole rings is 1. The number of aryl methyl sites for hydroxylation is 2. The van der Waals surface area contributed by atoms with Crippen molar-refractivity contribution in [3.8, 4) is 0 Å². The van der Waals surface area contributed by atoms with Crippen LogP contribution < -0.4 is 5.32 Å². The van der Waals surface area contributed by atoms with E-state index in [4.69, 9.17) is 4.42 Å². The van der Waals surface area contributed by atoms with Crippen LogP contribution in [0, 0.1) is 6.92 Å². The first kappa shape index (κ1) is 12.0. The van der Waals surface area contributed by atoms with Gasteiger partial charge in [0.15, 0.2) is 11.6 Å². The van der Waals surface area contributed by atoms with Gasteiger partial charge in [-0.15, -0.1) is 0 Å². The number of hydrogen-bond donors (Lipinski definition) is 1. The van der Waals surface area contributed by atoms with E-state index in [0.717, 1.165) is 19.3 Å². The van der Waals surface area contributed by atoms with E-state index in [2.05, 4.69) is 22.4 Å². The van der Waals surface area contributed by atoms with Crippen molar-refractivity contribution < 1.29 is 9.21 Å². The number of rotatable bonds is 2. The molecular weight excluding hydrogens is 240 g/mol. The molecule has 1 aliphatic rings. The van der Waals surface area contributed by atoms with E-state index in [-0.39, 0.29) is 11.9 Å². The molecule has 0 radical (unpaired) electrons. The van der Waals surface area contributed by atoms with Crippen LogP contribution in [0.1, 0.15) is 46.4 Å². The average Bonchev–Trinajstić information content (AvgIpc) is 2.86. The lowest BCUT2D eigenvalue weighted by Crippen LogP contribution is -2.31. The van der Waals surface area contributed by atoms with E-state index in [1.807, 2.05) is 12.1 Å². The molecule has 3 rings (SSSR count). The Morgan fingerprint density at radius 1 is 1.42 bits per heavy atom. The first-order valence-corrected chi connectivity index (χ1v) is 6.55. The molecule has 0 saturated carbocycles. The van der Waals surface area contributed by atoms with Crippen LogP contribution in [0.15, 0.2) is 34.9 Å². The molecule has 0 aliphatic heterocycles. The quantitative estimate of drug-likeness (QED) is 0.898. The minimum Gasteiger partial charge on any atom is -0.448 e. The van der Waals surface area contributed by atoms with Crippen LogP contribution >= 0.6 is 0 Å². The van der Waals surface area contributed by atoms with E-state index in [9.17, 15) is 4.79 Å². The summed E-state index contributed by atoms with van der Waals surface area (Å²) in [6.45, 7) is 1.73. The Balaban J connectivity index is 1.79. The summed E-state index contributed by atoms with van der Waals surface area (Å²) in [5.74, 6) is 0.341. The predicted octanol–water partition coefficient (Wildman–Crippen LogP) is 2.79. The molecule has 1 aromatic carbocycles. The van der Waals surface area contributed by atoms with Crippen molar-refractivity contribution in [2.24, 2.45) is 0 Å². The van der Waals surface area contributed by atoms with Gasteiger partial charge in [-0.2, -0.15) is 0 Å². The summed E-state index contributed by atoms with van der Waals surface area (Å²) in [4.78, 5) is 16.2. The van der Waals surface area contributed by atoms with Crippen molar-refractivity contribution in [2.45, 2.75) is 32.2 Å². The highest BCUT2D eigenvalue weighted by atomic mass is 16.3. The van der Waals surface area contributed by atoms with Crippen LogP contribution in [-0.2, 0) is 6.42 Å². The number of aromatic nitrogens is 1. The molecule has 1 heterocycles.